The van der Waals surface area contributed by atoms with Gasteiger partial charge in [0.05, 0.1) is 16.7 Å². The third-order valence-electron chi connectivity index (χ3n) is 2.66. The molecule has 0 amide bonds. The molecule has 0 saturated carbocycles. The van der Waals surface area contributed by atoms with Crippen molar-refractivity contribution in [2.75, 3.05) is 0 Å². The Bertz CT molecular complexity index is 501. The van der Waals surface area contributed by atoms with Gasteiger partial charge in [-0.2, -0.15) is 26.3 Å². The fourth-order valence-corrected chi connectivity index (χ4v) is 1.57. The largest absolute Gasteiger partial charge is 0.416 e. The SMILES string of the molecule is C#CCC(C)(O)c1cc(C(F)(F)F)cc(C(F)(F)F)c1. The summed E-state index contributed by atoms with van der Waals surface area (Å²) in [6.07, 6.45) is -5.38. The predicted octanol–water partition coefficient (Wildman–Crippen LogP) is 3.96. The molecule has 0 aliphatic heterocycles. The number of alkyl halides is 6. The van der Waals surface area contributed by atoms with E-state index in [1.54, 1.807) is 0 Å². The highest BCUT2D eigenvalue weighted by Gasteiger charge is 2.38. The number of halogens is 6. The molecule has 1 atom stereocenters. The van der Waals surface area contributed by atoms with E-state index in [4.69, 9.17) is 6.42 Å². The molecule has 0 spiro atoms. The van der Waals surface area contributed by atoms with E-state index in [-0.39, 0.29) is 6.07 Å². The summed E-state index contributed by atoms with van der Waals surface area (Å²) >= 11 is 0. The van der Waals surface area contributed by atoms with Crippen LogP contribution in [0.25, 0.3) is 0 Å². The zero-order valence-corrected chi connectivity index (χ0v) is 10.2. The second-order valence-electron chi connectivity index (χ2n) is 4.45. The third-order valence-corrected chi connectivity index (χ3v) is 2.66. The van der Waals surface area contributed by atoms with E-state index in [9.17, 15) is 31.4 Å². The van der Waals surface area contributed by atoms with Crippen molar-refractivity contribution in [2.24, 2.45) is 0 Å². The standard InChI is InChI=1S/C13H10F6O/c1-3-4-11(2,20)8-5-9(12(14,15)16)7-10(6-8)13(17,18)19/h1,5-7,20H,4H2,2H3. The summed E-state index contributed by atoms with van der Waals surface area (Å²) in [6, 6.07) is 0.925. The molecule has 0 bridgehead atoms. The van der Waals surface area contributed by atoms with Crippen LogP contribution in [0.15, 0.2) is 18.2 Å². The molecule has 0 fully saturated rings. The molecule has 1 rings (SSSR count). The number of hydrogen-bond donors (Lipinski definition) is 1. The van der Waals surface area contributed by atoms with Gasteiger partial charge in [0.2, 0.25) is 0 Å². The molecule has 0 saturated heterocycles. The van der Waals surface area contributed by atoms with E-state index in [1.165, 1.54) is 0 Å². The lowest BCUT2D eigenvalue weighted by molar-refractivity contribution is -0.143. The van der Waals surface area contributed by atoms with Crippen LogP contribution in [0.5, 0.6) is 0 Å². The predicted molar refractivity (Wildman–Crippen MR) is 59.5 cm³/mol. The van der Waals surface area contributed by atoms with E-state index in [1.807, 2.05) is 5.92 Å². The first kappa shape index (κ1) is 16.4. The zero-order valence-electron chi connectivity index (χ0n) is 10.2. The molecule has 0 aliphatic rings. The summed E-state index contributed by atoms with van der Waals surface area (Å²) in [5.74, 6) is 2.01. The number of aliphatic hydroxyl groups is 1. The van der Waals surface area contributed by atoms with Gasteiger partial charge in [0, 0.05) is 6.42 Å². The van der Waals surface area contributed by atoms with Crippen molar-refractivity contribution in [3.8, 4) is 12.3 Å². The molecule has 0 radical (unpaired) electrons. The minimum atomic E-state index is -4.96. The van der Waals surface area contributed by atoms with Crippen molar-refractivity contribution in [1.82, 2.24) is 0 Å². The first-order valence-corrected chi connectivity index (χ1v) is 5.34. The highest BCUT2D eigenvalue weighted by Crippen LogP contribution is 2.38. The summed E-state index contributed by atoms with van der Waals surface area (Å²) in [5, 5.41) is 9.89. The van der Waals surface area contributed by atoms with Crippen LogP contribution in [0.1, 0.15) is 30.0 Å². The topological polar surface area (TPSA) is 20.2 Å². The first-order valence-electron chi connectivity index (χ1n) is 5.34. The maximum Gasteiger partial charge on any atom is 0.416 e. The van der Waals surface area contributed by atoms with Gasteiger partial charge in [-0.05, 0) is 30.7 Å². The maximum atomic E-state index is 12.6. The number of terminal acetylenes is 1. The fraction of sp³-hybridized carbons (Fsp3) is 0.385. The highest BCUT2D eigenvalue weighted by atomic mass is 19.4. The van der Waals surface area contributed by atoms with Gasteiger partial charge in [-0.3, -0.25) is 0 Å². The van der Waals surface area contributed by atoms with Crippen LogP contribution >= 0.6 is 0 Å². The highest BCUT2D eigenvalue weighted by molar-refractivity contribution is 5.36. The Morgan fingerprint density at radius 2 is 1.30 bits per heavy atom. The Hall–Kier alpha value is -1.68. The Morgan fingerprint density at radius 3 is 1.60 bits per heavy atom. The maximum absolute atomic E-state index is 12.6. The van der Waals surface area contributed by atoms with Gasteiger partial charge < -0.3 is 5.11 Å². The molecule has 1 aromatic rings. The average molecular weight is 296 g/mol. The van der Waals surface area contributed by atoms with Gasteiger partial charge in [0.1, 0.15) is 0 Å². The van der Waals surface area contributed by atoms with E-state index in [0.717, 1.165) is 6.92 Å². The van der Waals surface area contributed by atoms with Gasteiger partial charge in [-0.25, -0.2) is 0 Å². The second kappa shape index (κ2) is 5.02. The minimum Gasteiger partial charge on any atom is -0.384 e. The minimum absolute atomic E-state index is 0.00451. The van der Waals surface area contributed by atoms with Crippen LogP contribution in [-0.2, 0) is 18.0 Å². The van der Waals surface area contributed by atoms with Crippen LogP contribution in [0.3, 0.4) is 0 Å². The Morgan fingerprint density at radius 1 is 0.950 bits per heavy atom. The number of rotatable bonds is 2. The number of hydrogen-bond acceptors (Lipinski definition) is 1. The van der Waals surface area contributed by atoms with Crippen molar-refractivity contribution >= 4 is 0 Å². The van der Waals surface area contributed by atoms with E-state index < -0.39 is 41.1 Å². The van der Waals surface area contributed by atoms with Crippen LogP contribution in [-0.4, -0.2) is 5.11 Å². The van der Waals surface area contributed by atoms with Crippen LogP contribution < -0.4 is 0 Å². The van der Waals surface area contributed by atoms with Crippen molar-refractivity contribution in [1.29, 1.82) is 0 Å². The lowest BCUT2D eigenvalue weighted by Crippen LogP contribution is -2.23. The summed E-state index contributed by atoms with van der Waals surface area (Å²) in [6.45, 7) is 1.06. The van der Waals surface area contributed by atoms with E-state index in [0.29, 0.717) is 12.1 Å². The normalized spacial score (nSPS) is 15.6. The van der Waals surface area contributed by atoms with Crippen molar-refractivity contribution < 1.29 is 31.4 Å². The molecular weight excluding hydrogens is 286 g/mol. The second-order valence-corrected chi connectivity index (χ2v) is 4.45. The van der Waals surface area contributed by atoms with E-state index >= 15 is 0 Å². The van der Waals surface area contributed by atoms with Gasteiger partial charge in [0.25, 0.3) is 0 Å². The number of benzene rings is 1. The molecule has 1 unspecified atom stereocenters. The Labute approximate surface area is 111 Å². The molecule has 20 heavy (non-hydrogen) atoms. The molecule has 0 heterocycles. The fourth-order valence-electron chi connectivity index (χ4n) is 1.57. The lowest BCUT2D eigenvalue weighted by atomic mass is 9.90. The molecule has 0 aliphatic carbocycles. The van der Waals surface area contributed by atoms with Crippen LogP contribution in [0.2, 0.25) is 0 Å². The lowest BCUT2D eigenvalue weighted by Gasteiger charge is -2.24. The molecule has 1 nitrogen and oxygen atoms in total. The first-order chi connectivity index (χ1) is 8.88. The third kappa shape index (κ3) is 3.67. The summed E-state index contributed by atoms with van der Waals surface area (Å²) in [5.41, 5.74) is -5.48. The van der Waals surface area contributed by atoms with Crippen LogP contribution in [0.4, 0.5) is 26.3 Å². The quantitative estimate of drug-likeness (QED) is 0.647. The van der Waals surface area contributed by atoms with Crippen LogP contribution in [0, 0.1) is 12.3 Å². The van der Waals surface area contributed by atoms with Gasteiger partial charge >= 0.3 is 12.4 Å². The smallest absolute Gasteiger partial charge is 0.384 e. The van der Waals surface area contributed by atoms with Crippen molar-refractivity contribution in [2.45, 2.75) is 31.3 Å². The molecule has 1 N–H and O–H groups in total. The summed E-state index contributed by atoms with van der Waals surface area (Å²) in [4.78, 5) is 0. The van der Waals surface area contributed by atoms with Gasteiger partial charge in [-0.15, -0.1) is 12.3 Å². The van der Waals surface area contributed by atoms with E-state index in [2.05, 4.69) is 0 Å². The van der Waals surface area contributed by atoms with Gasteiger partial charge in [0.15, 0.2) is 0 Å². The monoisotopic (exact) mass is 296 g/mol. The zero-order chi connectivity index (χ0) is 15.8. The molecule has 1 aromatic carbocycles. The molecule has 7 heteroatoms. The van der Waals surface area contributed by atoms with Crippen molar-refractivity contribution in [3.05, 3.63) is 34.9 Å². The van der Waals surface area contributed by atoms with Crippen molar-refractivity contribution in [3.63, 3.8) is 0 Å². The molecule has 110 valence electrons. The Kier molecular flexibility index (Phi) is 4.11. The summed E-state index contributed by atoms with van der Waals surface area (Å²) < 4.78 is 75.7. The molecular formula is C13H10F6O. The Balaban J connectivity index is 3.51. The summed E-state index contributed by atoms with van der Waals surface area (Å²) in [7, 11) is 0. The average Bonchev–Trinajstić information content (AvgIpc) is 2.26. The van der Waals surface area contributed by atoms with Gasteiger partial charge in [-0.1, -0.05) is 0 Å². The molecule has 0 aromatic heterocycles.